The first kappa shape index (κ1) is 14.7. The number of thioether (sulfide) groups is 1. The minimum absolute atomic E-state index is 0.208. The van der Waals surface area contributed by atoms with Crippen LogP contribution in [0, 0.1) is 12.7 Å². The SMILES string of the molecule is CSCCCCn1c(CCl)nc2cc(F)c(C)cc21. The Morgan fingerprint density at radius 3 is 2.84 bits per heavy atom. The lowest BCUT2D eigenvalue weighted by atomic mass is 10.2. The van der Waals surface area contributed by atoms with Crippen molar-refractivity contribution >= 4 is 34.4 Å². The van der Waals surface area contributed by atoms with Crippen LogP contribution in [0.1, 0.15) is 24.2 Å². The first-order chi connectivity index (χ1) is 9.17. The van der Waals surface area contributed by atoms with Crippen LogP contribution < -0.4 is 0 Å². The molecule has 2 rings (SSSR count). The van der Waals surface area contributed by atoms with Crippen LogP contribution in [0.2, 0.25) is 0 Å². The Labute approximate surface area is 122 Å². The summed E-state index contributed by atoms with van der Waals surface area (Å²) >= 11 is 7.80. The molecule has 0 unspecified atom stereocenters. The van der Waals surface area contributed by atoms with Crippen molar-refractivity contribution in [3.8, 4) is 0 Å². The average Bonchev–Trinajstić information content (AvgIpc) is 2.73. The predicted octanol–water partition coefficient (Wildman–Crippen LogP) is 4.37. The van der Waals surface area contributed by atoms with Gasteiger partial charge in [0.05, 0.1) is 16.9 Å². The van der Waals surface area contributed by atoms with E-state index < -0.39 is 0 Å². The van der Waals surface area contributed by atoms with Crippen LogP contribution in [0.3, 0.4) is 0 Å². The maximum Gasteiger partial charge on any atom is 0.128 e. The van der Waals surface area contributed by atoms with E-state index in [9.17, 15) is 4.39 Å². The van der Waals surface area contributed by atoms with E-state index >= 15 is 0 Å². The standard InChI is InChI=1S/C14H18ClFN2S/c1-10-7-13-12(8-11(10)16)17-14(9-15)18(13)5-3-4-6-19-2/h7-8H,3-6,9H2,1-2H3. The molecule has 2 nitrogen and oxygen atoms in total. The van der Waals surface area contributed by atoms with Gasteiger partial charge in [-0.05, 0) is 43.4 Å². The van der Waals surface area contributed by atoms with Crippen LogP contribution >= 0.6 is 23.4 Å². The fraction of sp³-hybridized carbons (Fsp3) is 0.500. The molecule has 1 aromatic carbocycles. The number of alkyl halides is 1. The third-order valence-corrected chi connectivity index (χ3v) is 4.14. The van der Waals surface area contributed by atoms with Gasteiger partial charge < -0.3 is 4.57 Å². The van der Waals surface area contributed by atoms with E-state index in [1.807, 2.05) is 17.8 Å². The molecule has 0 aliphatic rings. The molecule has 0 amide bonds. The van der Waals surface area contributed by atoms with Gasteiger partial charge in [0, 0.05) is 12.6 Å². The van der Waals surface area contributed by atoms with E-state index in [-0.39, 0.29) is 5.82 Å². The highest BCUT2D eigenvalue weighted by Gasteiger charge is 2.12. The number of fused-ring (bicyclic) bond motifs is 1. The van der Waals surface area contributed by atoms with Gasteiger partial charge in [0.1, 0.15) is 11.6 Å². The molecular formula is C14H18ClFN2S. The second-order valence-corrected chi connectivity index (χ2v) is 5.86. The third-order valence-electron chi connectivity index (χ3n) is 3.21. The van der Waals surface area contributed by atoms with Crippen molar-refractivity contribution in [1.82, 2.24) is 9.55 Å². The van der Waals surface area contributed by atoms with Gasteiger partial charge in [-0.2, -0.15) is 11.8 Å². The van der Waals surface area contributed by atoms with E-state index in [4.69, 9.17) is 11.6 Å². The Morgan fingerprint density at radius 1 is 1.37 bits per heavy atom. The molecule has 0 aliphatic carbocycles. The molecular weight excluding hydrogens is 283 g/mol. The van der Waals surface area contributed by atoms with Gasteiger partial charge in [0.25, 0.3) is 0 Å². The lowest BCUT2D eigenvalue weighted by Gasteiger charge is -2.08. The molecule has 0 fully saturated rings. The molecule has 0 saturated heterocycles. The number of rotatable bonds is 6. The first-order valence-electron chi connectivity index (χ1n) is 6.37. The summed E-state index contributed by atoms with van der Waals surface area (Å²) in [5, 5.41) is 0. The van der Waals surface area contributed by atoms with Crippen molar-refractivity contribution in [2.75, 3.05) is 12.0 Å². The van der Waals surface area contributed by atoms with E-state index in [1.54, 1.807) is 6.92 Å². The van der Waals surface area contributed by atoms with Crippen molar-refractivity contribution in [1.29, 1.82) is 0 Å². The number of benzene rings is 1. The van der Waals surface area contributed by atoms with Crippen LogP contribution in [-0.2, 0) is 12.4 Å². The zero-order valence-corrected chi connectivity index (χ0v) is 12.8. The number of aryl methyl sites for hydroxylation is 2. The predicted molar refractivity (Wildman–Crippen MR) is 81.6 cm³/mol. The van der Waals surface area contributed by atoms with Crippen molar-refractivity contribution in [2.24, 2.45) is 0 Å². The molecule has 104 valence electrons. The summed E-state index contributed by atoms with van der Waals surface area (Å²) in [7, 11) is 0. The summed E-state index contributed by atoms with van der Waals surface area (Å²) in [5.41, 5.74) is 2.33. The van der Waals surface area contributed by atoms with Gasteiger partial charge in [0.2, 0.25) is 0 Å². The Hall–Kier alpha value is -0.740. The smallest absolute Gasteiger partial charge is 0.128 e. The molecule has 0 radical (unpaired) electrons. The summed E-state index contributed by atoms with van der Waals surface area (Å²) in [6.45, 7) is 2.67. The van der Waals surface area contributed by atoms with Gasteiger partial charge in [-0.1, -0.05) is 0 Å². The van der Waals surface area contributed by atoms with Crippen LogP contribution in [-0.4, -0.2) is 21.6 Å². The Kier molecular flexibility index (Phi) is 5.11. The maximum absolute atomic E-state index is 13.6. The molecule has 0 atom stereocenters. The van der Waals surface area contributed by atoms with Crippen molar-refractivity contribution in [2.45, 2.75) is 32.2 Å². The van der Waals surface area contributed by atoms with Crippen molar-refractivity contribution in [3.05, 3.63) is 29.3 Å². The molecule has 0 spiro atoms. The molecule has 0 bridgehead atoms. The summed E-state index contributed by atoms with van der Waals surface area (Å²) in [6, 6.07) is 3.36. The molecule has 0 aliphatic heterocycles. The summed E-state index contributed by atoms with van der Waals surface area (Å²) in [5.74, 6) is 2.14. The number of hydrogen-bond donors (Lipinski definition) is 0. The summed E-state index contributed by atoms with van der Waals surface area (Å²) < 4.78 is 15.7. The van der Waals surface area contributed by atoms with E-state index in [0.717, 1.165) is 30.1 Å². The number of aromatic nitrogens is 2. The highest BCUT2D eigenvalue weighted by molar-refractivity contribution is 7.98. The van der Waals surface area contributed by atoms with E-state index in [1.165, 1.54) is 12.5 Å². The van der Waals surface area contributed by atoms with E-state index in [2.05, 4.69) is 15.8 Å². The largest absolute Gasteiger partial charge is 0.327 e. The highest BCUT2D eigenvalue weighted by Crippen LogP contribution is 2.22. The third kappa shape index (κ3) is 3.23. The first-order valence-corrected chi connectivity index (χ1v) is 8.30. The lowest BCUT2D eigenvalue weighted by Crippen LogP contribution is -2.03. The Morgan fingerprint density at radius 2 is 2.16 bits per heavy atom. The topological polar surface area (TPSA) is 17.8 Å². The number of nitrogens with zero attached hydrogens (tertiary/aromatic N) is 2. The summed E-state index contributed by atoms with van der Waals surface area (Å²) in [6.07, 6.45) is 4.37. The Balaban J connectivity index is 2.31. The maximum atomic E-state index is 13.6. The Bertz CT molecular complexity index is 568. The van der Waals surface area contributed by atoms with Gasteiger partial charge >= 0.3 is 0 Å². The molecule has 0 saturated carbocycles. The van der Waals surface area contributed by atoms with Crippen molar-refractivity contribution in [3.63, 3.8) is 0 Å². The fourth-order valence-electron chi connectivity index (χ4n) is 2.17. The molecule has 5 heteroatoms. The zero-order chi connectivity index (χ0) is 13.8. The van der Waals surface area contributed by atoms with Gasteiger partial charge in [0.15, 0.2) is 0 Å². The minimum atomic E-state index is -0.208. The molecule has 2 aromatic rings. The second kappa shape index (κ2) is 6.62. The molecule has 19 heavy (non-hydrogen) atoms. The van der Waals surface area contributed by atoms with Crippen LogP contribution in [0.15, 0.2) is 12.1 Å². The zero-order valence-electron chi connectivity index (χ0n) is 11.2. The lowest BCUT2D eigenvalue weighted by molar-refractivity contribution is 0.618. The molecule has 1 aromatic heterocycles. The van der Waals surface area contributed by atoms with Crippen LogP contribution in [0.25, 0.3) is 11.0 Å². The summed E-state index contributed by atoms with van der Waals surface area (Å²) in [4.78, 5) is 4.42. The minimum Gasteiger partial charge on any atom is -0.327 e. The van der Waals surface area contributed by atoms with Crippen molar-refractivity contribution < 1.29 is 4.39 Å². The normalized spacial score (nSPS) is 11.4. The number of hydrogen-bond acceptors (Lipinski definition) is 2. The van der Waals surface area contributed by atoms with Gasteiger partial charge in [-0.3, -0.25) is 0 Å². The average molecular weight is 301 g/mol. The van der Waals surface area contributed by atoms with Crippen LogP contribution in [0.5, 0.6) is 0 Å². The molecule has 0 N–H and O–H groups in total. The quantitative estimate of drug-likeness (QED) is 0.582. The monoisotopic (exact) mass is 300 g/mol. The van der Waals surface area contributed by atoms with E-state index in [0.29, 0.717) is 17.0 Å². The highest BCUT2D eigenvalue weighted by atomic mass is 35.5. The fourth-order valence-corrected chi connectivity index (χ4v) is 2.86. The molecule has 1 heterocycles. The van der Waals surface area contributed by atoms with Crippen LogP contribution in [0.4, 0.5) is 4.39 Å². The number of halogens is 2. The van der Waals surface area contributed by atoms with Gasteiger partial charge in [-0.15, -0.1) is 11.6 Å². The number of unbranched alkanes of at least 4 members (excludes halogenated alkanes) is 1. The number of imidazole rings is 1. The van der Waals surface area contributed by atoms with Gasteiger partial charge in [-0.25, -0.2) is 9.37 Å². The second-order valence-electron chi connectivity index (χ2n) is 4.60.